The van der Waals surface area contributed by atoms with Gasteiger partial charge in [-0.1, -0.05) is 35.8 Å². The number of amides is 1. The lowest BCUT2D eigenvalue weighted by atomic mass is 9.82. The number of hydrogen-bond acceptors (Lipinski definition) is 2. The number of halogens is 1. The largest absolute Gasteiger partial charge is 0.386 e. The summed E-state index contributed by atoms with van der Waals surface area (Å²) in [5.41, 5.74) is -0.0491. The van der Waals surface area contributed by atoms with E-state index >= 15 is 0 Å². The van der Waals surface area contributed by atoms with Gasteiger partial charge in [0.15, 0.2) is 0 Å². The van der Waals surface area contributed by atoms with Crippen molar-refractivity contribution in [2.24, 2.45) is 5.92 Å². The Morgan fingerprint density at radius 3 is 2.65 bits per heavy atom. The van der Waals surface area contributed by atoms with Crippen LogP contribution in [0.4, 0.5) is 0 Å². The van der Waals surface area contributed by atoms with Crippen LogP contribution < -0.4 is 0 Å². The van der Waals surface area contributed by atoms with Crippen LogP contribution in [-0.2, 0) is 0 Å². The monoisotopic (exact) mass is 297 g/mol. The van der Waals surface area contributed by atoms with Gasteiger partial charge in [-0.25, -0.2) is 0 Å². The number of benzene rings is 1. The summed E-state index contributed by atoms with van der Waals surface area (Å²) in [6.07, 6.45) is 0. The predicted octanol–water partition coefficient (Wildman–Crippen LogP) is 2.29. The van der Waals surface area contributed by atoms with Crippen LogP contribution in [-0.4, -0.2) is 34.6 Å². The molecule has 17 heavy (non-hydrogen) atoms. The molecule has 1 aliphatic heterocycles. The number of nitrogens with zero attached hydrogens (tertiary/aromatic N) is 1. The molecular weight excluding hydrogens is 282 g/mol. The molecule has 1 aromatic carbocycles. The van der Waals surface area contributed by atoms with Crippen molar-refractivity contribution >= 4 is 21.8 Å². The van der Waals surface area contributed by atoms with Crippen molar-refractivity contribution in [3.8, 4) is 0 Å². The highest BCUT2D eigenvalue weighted by atomic mass is 79.9. The summed E-state index contributed by atoms with van der Waals surface area (Å²) < 4.78 is 0.892. The van der Waals surface area contributed by atoms with E-state index in [0.29, 0.717) is 18.7 Å². The van der Waals surface area contributed by atoms with Crippen molar-refractivity contribution in [3.63, 3.8) is 0 Å². The first kappa shape index (κ1) is 12.6. The van der Waals surface area contributed by atoms with E-state index in [4.69, 9.17) is 0 Å². The second-order valence-electron chi connectivity index (χ2n) is 4.93. The number of likely N-dealkylation sites (tertiary alicyclic amines) is 1. The first-order valence-electron chi connectivity index (χ1n) is 5.69. The standard InChI is InChI=1S/C13H16BrNO2/c1-9(2)13(17)7-15(8-13)12(16)10-4-3-5-11(14)6-10/h3-6,9,17H,7-8H2,1-2H3. The number of aliphatic hydroxyl groups is 1. The van der Waals surface area contributed by atoms with Gasteiger partial charge in [-0.15, -0.1) is 0 Å². The zero-order chi connectivity index (χ0) is 12.6. The molecule has 0 aromatic heterocycles. The fourth-order valence-corrected chi connectivity index (χ4v) is 2.33. The van der Waals surface area contributed by atoms with Gasteiger partial charge in [0, 0.05) is 10.0 Å². The highest BCUT2D eigenvalue weighted by Gasteiger charge is 2.45. The van der Waals surface area contributed by atoms with Gasteiger partial charge in [0.1, 0.15) is 5.60 Å². The average Bonchev–Trinajstić information content (AvgIpc) is 2.23. The number of rotatable bonds is 2. The molecule has 0 aliphatic carbocycles. The molecule has 92 valence electrons. The van der Waals surface area contributed by atoms with E-state index in [0.717, 1.165) is 4.47 Å². The van der Waals surface area contributed by atoms with Crippen molar-refractivity contribution in [2.75, 3.05) is 13.1 Å². The molecule has 2 rings (SSSR count). The molecule has 1 aromatic rings. The lowest BCUT2D eigenvalue weighted by molar-refractivity contribution is -0.110. The van der Waals surface area contributed by atoms with E-state index < -0.39 is 5.60 Å². The number of carbonyl (C=O) groups excluding carboxylic acids is 1. The predicted molar refractivity (Wildman–Crippen MR) is 69.8 cm³/mol. The van der Waals surface area contributed by atoms with Crippen molar-refractivity contribution in [1.29, 1.82) is 0 Å². The lowest BCUT2D eigenvalue weighted by Crippen LogP contribution is -2.65. The summed E-state index contributed by atoms with van der Waals surface area (Å²) in [5.74, 6) is 0.158. The van der Waals surface area contributed by atoms with Crippen LogP contribution in [0, 0.1) is 5.92 Å². The van der Waals surface area contributed by atoms with Gasteiger partial charge in [-0.2, -0.15) is 0 Å². The number of β-amino-alcohol motifs (C(OH)–C–C–N with tert-alkyl or cyclic N) is 1. The van der Waals surface area contributed by atoms with Crippen molar-refractivity contribution in [2.45, 2.75) is 19.4 Å². The van der Waals surface area contributed by atoms with E-state index in [1.807, 2.05) is 26.0 Å². The molecule has 1 amide bonds. The Kier molecular flexibility index (Phi) is 3.27. The van der Waals surface area contributed by atoms with E-state index in [1.165, 1.54) is 0 Å². The Morgan fingerprint density at radius 2 is 2.12 bits per heavy atom. The smallest absolute Gasteiger partial charge is 0.254 e. The molecule has 0 unspecified atom stereocenters. The van der Waals surface area contributed by atoms with Crippen LogP contribution in [0.3, 0.4) is 0 Å². The average molecular weight is 298 g/mol. The van der Waals surface area contributed by atoms with Gasteiger partial charge in [0.05, 0.1) is 13.1 Å². The summed E-state index contributed by atoms with van der Waals surface area (Å²) in [6.45, 7) is 4.80. The first-order chi connectivity index (χ1) is 7.92. The maximum Gasteiger partial charge on any atom is 0.254 e. The van der Waals surface area contributed by atoms with Crippen molar-refractivity contribution < 1.29 is 9.90 Å². The van der Waals surface area contributed by atoms with Crippen LogP contribution in [0.25, 0.3) is 0 Å². The lowest BCUT2D eigenvalue weighted by Gasteiger charge is -2.49. The van der Waals surface area contributed by atoms with Crippen LogP contribution in [0.1, 0.15) is 24.2 Å². The molecule has 0 saturated carbocycles. The van der Waals surface area contributed by atoms with E-state index in [2.05, 4.69) is 15.9 Å². The molecule has 4 heteroatoms. The summed E-state index contributed by atoms with van der Waals surface area (Å²) in [7, 11) is 0. The van der Waals surface area contributed by atoms with Crippen LogP contribution in [0.15, 0.2) is 28.7 Å². The minimum absolute atomic E-state index is 0.0170. The zero-order valence-electron chi connectivity index (χ0n) is 9.98. The maximum absolute atomic E-state index is 12.1. The summed E-state index contributed by atoms with van der Waals surface area (Å²) in [4.78, 5) is 13.8. The third-order valence-corrected chi connectivity index (χ3v) is 3.86. The quantitative estimate of drug-likeness (QED) is 0.910. The fourth-order valence-electron chi connectivity index (χ4n) is 1.93. The van der Waals surface area contributed by atoms with Gasteiger partial charge in [0.2, 0.25) is 0 Å². The second kappa shape index (κ2) is 4.42. The molecule has 0 radical (unpaired) electrons. The molecule has 1 fully saturated rings. The molecule has 1 saturated heterocycles. The molecule has 0 bridgehead atoms. The fraction of sp³-hybridized carbons (Fsp3) is 0.462. The summed E-state index contributed by atoms with van der Waals surface area (Å²) in [5, 5.41) is 10.1. The highest BCUT2D eigenvalue weighted by Crippen LogP contribution is 2.29. The van der Waals surface area contributed by atoms with E-state index in [-0.39, 0.29) is 11.8 Å². The Morgan fingerprint density at radius 1 is 1.47 bits per heavy atom. The van der Waals surface area contributed by atoms with Crippen molar-refractivity contribution in [3.05, 3.63) is 34.3 Å². The molecule has 1 N–H and O–H groups in total. The van der Waals surface area contributed by atoms with Gasteiger partial charge in [-0.3, -0.25) is 4.79 Å². The zero-order valence-corrected chi connectivity index (χ0v) is 11.6. The second-order valence-corrected chi connectivity index (χ2v) is 5.85. The van der Waals surface area contributed by atoms with E-state index in [1.54, 1.807) is 17.0 Å². The van der Waals surface area contributed by atoms with Gasteiger partial charge in [0.25, 0.3) is 5.91 Å². The van der Waals surface area contributed by atoms with Gasteiger partial charge >= 0.3 is 0 Å². The highest BCUT2D eigenvalue weighted by molar-refractivity contribution is 9.10. The van der Waals surface area contributed by atoms with Crippen LogP contribution in [0.2, 0.25) is 0 Å². The van der Waals surface area contributed by atoms with Crippen LogP contribution >= 0.6 is 15.9 Å². The number of carbonyl (C=O) groups is 1. The summed E-state index contributed by atoms with van der Waals surface area (Å²) >= 11 is 3.35. The third-order valence-electron chi connectivity index (χ3n) is 3.36. The Labute approximate surface area is 110 Å². The summed E-state index contributed by atoms with van der Waals surface area (Å²) in [6, 6.07) is 7.32. The molecule has 0 spiro atoms. The third kappa shape index (κ3) is 2.38. The first-order valence-corrected chi connectivity index (χ1v) is 6.49. The van der Waals surface area contributed by atoms with E-state index in [9.17, 15) is 9.90 Å². The molecule has 0 atom stereocenters. The normalized spacial score (nSPS) is 18.1. The minimum Gasteiger partial charge on any atom is -0.386 e. The molecular formula is C13H16BrNO2. The van der Waals surface area contributed by atoms with Gasteiger partial charge < -0.3 is 10.0 Å². The Bertz CT molecular complexity index is 439. The topological polar surface area (TPSA) is 40.5 Å². The number of hydrogen-bond donors (Lipinski definition) is 1. The molecule has 3 nitrogen and oxygen atoms in total. The van der Waals surface area contributed by atoms with Crippen LogP contribution in [0.5, 0.6) is 0 Å². The Hall–Kier alpha value is -0.870. The van der Waals surface area contributed by atoms with Crippen molar-refractivity contribution in [1.82, 2.24) is 4.90 Å². The minimum atomic E-state index is -0.707. The Balaban J connectivity index is 2.05. The molecule has 1 heterocycles. The van der Waals surface area contributed by atoms with Gasteiger partial charge in [-0.05, 0) is 24.1 Å². The maximum atomic E-state index is 12.1. The molecule has 1 aliphatic rings. The SMILES string of the molecule is CC(C)C1(O)CN(C(=O)c2cccc(Br)c2)C1.